The number of nitrogens with one attached hydrogen (secondary N) is 1. The molecular formula is C25H30N2O4S. The molecule has 0 aliphatic carbocycles. The third kappa shape index (κ3) is 7.09. The van der Waals surface area contributed by atoms with Crippen molar-refractivity contribution in [1.29, 1.82) is 0 Å². The van der Waals surface area contributed by atoms with Gasteiger partial charge in [-0.25, -0.2) is 13.6 Å². The number of ether oxygens (including phenoxy) is 2. The van der Waals surface area contributed by atoms with Gasteiger partial charge in [0, 0.05) is 6.54 Å². The van der Waals surface area contributed by atoms with E-state index in [1.54, 1.807) is 12.1 Å². The van der Waals surface area contributed by atoms with E-state index in [1.807, 2.05) is 37.3 Å². The van der Waals surface area contributed by atoms with Gasteiger partial charge >= 0.3 is 0 Å². The van der Waals surface area contributed by atoms with Crippen molar-refractivity contribution in [3.8, 4) is 11.5 Å². The normalized spacial score (nSPS) is 11.3. The molecule has 0 aliphatic rings. The van der Waals surface area contributed by atoms with E-state index in [0.717, 1.165) is 41.2 Å². The second kappa shape index (κ2) is 11.1. The molecule has 0 saturated carbocycles. The van der Waals surface area contributed by atoms with Gasteiger partial charge in [-0.3, -0.25) is 0 Å². The molecule has 7 heteroatoms. The first kappa shape index (κ1) is 23.8. The van der Waals surface area contributed by atoms with Crippen LogP contribution in [-0.2, 0) is 29.6 Å². The van der Waals surface area contributed by atoms with E-state index < -0.39 is 10.0 Å². The topological polar surface area (TPSA) is 90.6 Å². The number of sulfonamides is 1. The molecule has 6 nitrogen and oxygen atoms in total. The molecule has 3 N–H and O–H groups in total. The molecule has 0 bridgehead atoms. The Morgan fingerprint density at radius 1 is 0.875 bits per heavy atom. The van der Waals surface area contributed by atoms with Crippen molar-refractivity contribution in [2.75, 3.05) is 13.2 Å². The van der Waals surface area contributed by atoms with Gasteiger partial charge < -0.3 is 14.8 Å². The van der Waals surface area contributed by atoms with Crippen LogP contribution >= 0.6 is 0 Å². The summed E-state index contributed by atoms with van der Waals surface area (Å²) in [6.45, 7) is 6.51. The fraction of sp³-hybridized carbons (Fsp3) is 0.280. The van der Waals surface area contributed by atoms with Gasteiger partial charge in [0.15, 0.2) is 11.5 Å². The molecule has 3 aromatic rings. The molecule has 3 aromatic carbocycles. The molecule has 0 heterocycles. The van der Waals surface area contributed by atoms with Crippen molar-refractivity contribution < 1.29 is 17.9 Å². The maximum atomic E-state index is 11.3. The number of primary sulfonamides is 1. The minimum absolute atomic E-state index is 0.127. The maximum absolute atomic E-state index is 11.3. The van der Waals surface area contributed by atoms with Crippen LogP contribution in [0.15, 0.2) is 71.6 Å². The van der Waals surface area contributed by atoms with Crippen molar-refractivity contribution in [2.45, 2.75) is 38.3 Å². The summed E-state index contributed by atoms with van der Waals surface area (Å²) in [7, 11) is -3.65. The highest BCUT2D eigenvalue weighted by molar-refractivity contribution is 7.89. The third-order valence-electron chi connectivity index (χ3n) is 4.96. The molecule has 0 unspecified atom stereocenters. The van der Waals surface area contributed by atoms with Crippen LogP contribution < -0.4 is 19.9 Å². The Kier molecular flexibility index (Phi) is 8.27. The highest BCUT2D eigenvalue weighted by Gasteiger charge is 2.08. The van der Waals surface area contributed by atoms with E-state index in [9.17, 15) is 8.42 Å². The average molecular weight is 455 g/mol. The number of nitrogens with two attached hydrogens (primary N) is 1. The highest BCUT2D eigenvalue weighted by atomic mass is 32.2. The fourth-order valence-electron chi connectivity index (χ4n) is 3.32. The van der Waals surface area contributed by atoms with Gasteiger partial charge in [0.25, 0.3) is 0 Å². The van der Waals surface area contributed by atoms with Gasteiger partial charge in [0.2, 0.25) is 10.0 Å². The summed E-state index contributed by atoms with van der Waals surface area (Å²) in [5.74, 6) is 1.46. The van der Waals surface area contributed by atoms with E-state index in [2.05, 4.69) is 24.4 Å². The van der Waals surface area contributed by atoms with Gasteiger partial charge in [-0.2, -0.15) is 0 Å². The van der Waals surface area contributed by atoms with E-state index >= 15 is 0 Å². The molecule has 0 aliphatic heterocycles. The van der Waals surface area contributed by atoms with Crippen LogP contribution in [0.4, 0.5) is 0 Å². The lowest BCUT2D eigenvalue weighted by Gasteiger charge is -2.14. The Hall–Kier alpha value is -2.87. The second-order valence-corrected chi connectivity index (χ2v) is 9.17. The number of hydrogen-bond acceptors (Lipinski definition) is 5. The van der Waals surface area contributed by atoms with Crippen LogP contribution in [0.3, 0.4) is 0 Å². The molecule has 0 spiro atoms. The van der Waals surface area contributed by atoms with Crippen molar-refractivity contribution in [2.24, 2.45) is 5.14 Å². The monoisotopic (exact) mass is 454 g/mol. The molecule has 32 heavy (non-hydrogen) atoms. The van der Waals surface area contributed by atoms with Crippen LogP contribution in [0.2, 0.25) is 0 Å². The van der Waals surface area contributed by atoms with Crippen molar-refractivity contribution in [1.82, 2.24) is 5.32 Å². The van der Waals surface area contributed by atoms with Gasteiger partial charge in [-0.15, -0.1) is 0 Å². The number of rotatable bonds is 11. The second-order valence-electron chi connectivity index (χ2n) is 7.61. The molecule has 0 amide bonds. The Morgan fingerprint density at radius 3 is 2.31 bits per heavy atom. The largest absolute Gasteiger partial charge is 0.490 e. The third-order valence-corrected chi connectivity index (χ3v) is 5.89. The zero-order valence-electron chi connectivity index (χ0n) is 18.5. The van der Waals surface area contributed by atoms with Gasteiger partial charge in [-0.05, 0) is 67.8 Å². The quantitative estimate of drug-likeness (QED) is 0.428. The minimum Gasteiger partial charge on any atom is -0.490 e. The molecular weight excluding hydrogens is 424 g/mol. The fourth-order valence-corrected chi connectivity index (χ4v) is 3.84. The minimum atomic E-state index is -3.65. The highest BCUT2D eigenvalue weighted by Crippen LogP contribution is 2.29. The molecule has 0 aromatic heterocycles. The summed E-state index contributed by atoms with van der Waals surface area (Å²) in [5.41, 5.74) is 4.47. The Balaban J connectivity index is 1.53. The van der Waals surface area contributed by atoms with E-state index in [4.69, 9.17) is 14.6 Å². The zero-order valence-corrected chi connectivity index (χ0v) is 19.3. The summed E-state index contributed by atoms with van der Waals surface area (Å²) in [6.07, 6.45) is 0.779. The molecule has 0 radical (unpaired) electrons. The van der Waals surface area contributed by atoms with Crippen LogP contribution in [0, 0.1) is 6.92 Å². The van der Waals surface area contributed by atoms with E-state index in [-0.39, 0.29) is 4.90 Å². The predicted octanol–water partition coefficient (Wildman–Crippen LogP) is 3.95. The zero-order chi connectivity index (χ0) is 23.0. The average Bonchev–Trinajstić information content (AvgIpc) is 2.76. The number of aryl methyl sites for hydroxylation is 1. The van der Waals surface area contributed by atoms with Crippen LogP contribution in [0.1, 0.15) is 29.2 Å². The molecule has 3 rings (SSSR count). The Labute approximate surface area is 190 Å². The summed E-state index contributed by atoms with van der Waals surface area (Å²) < 4.78 is 34.5. The summed E-state index contributed by atoms with van der Waals surface area (Å²) >= 11 is 0. The molecule has 0 atom stereocenters. The summed E-state index contributed by atoms with van der Waals surface area (Å²) in [4.78, 5) is 0.127. The maximum Gasteiger partial charge on any atom is 0.238 e. The van der Waals surface area contributed by atoms with Crippen LogP contribution in [-0.4, -0.2) is 21.6 Å². The predicted molar refractivity (Wildman–Crippen MR) is 126 cm³/mol. The molecule has 170 valence electrons. The number of benzene rings is 3. The lowest BCUT2D eigenvalue weighted by atomic mass is 10.1. The Bertz CT molecular complexity index is 1130. The smallest absolute Gasteiger partial charge is 0.238 e. The summed E-state index contributed by atoms with van der Waals surface area (Å²) in [6, 6.07) is 20.9. The van der Waals surface area contributed by atoms with Crippen molar-refractivity contribution in [3.63, 3.8) is 0 Å². The van der Waals surface area contributed by atoms with Gasteiger partial charge in [0.05, 0.1) is 11.5 Å². The lowest BCUT2D eigenvalue weighted by Crippen LogP contribution is -2.17. The van der Waals surface area contributed by atoms with Gasteiger partial charge in [-0.1, -0.05) is 48.0 Å². The standard InChI is InChI=1S/C25H30N2O4S/c1-3-30-25-16-21(9-12-24(25)31-18-22-6-4-5-19(2)15-22)17-27-14-13-20-7-10-23(11-8-20)32(26,28)29/h4-12,15-16,27H,3,13-14,17-18H2,1-2H3,(H2,26,28,29). The van der Waals surface area contributed by atoms with Crippen molar-refractivity contribution >= 4 is 10.0 Å². The molecule has 0 fully saturated rings. The Morgan fingerprint density at radius 2 is 1.62 bits per heavy atom. The SMILES string of the molecule is CCOc1cc(CNCCc2ccc(S(N)(=O)=O)cc2)ccc1OCc1cccc(C)c1. The molecule has 0 saturated heterocycles. The number of hydrogen-bond donors (Lipinski definition) is 2. The van der Waals surface area contributed by atoms with Gasteiger partial charge in [0.1, 0.15) is 6.61 Å². The van der Waals surface area contributed by atoms with Crippen LogP contribution in [0.5, 0.6) is 11.5 Å². The van der Waals surface area contributed by atoms with E-state index in [1.165, 1.54) is 17.7 Å². The first-order valence-corrected chi connectivity index (χ1v) is 12.2. The summed E-state index contributed by atoms with van der Waals surface area (Å²) in [5, 5.41) is 8.54. The van der Waals surface area contributed by atoms with Crippen molar-refractivity contribution in [3.05, 3.63) is 89.0 Å². The van der Waals surface area contributed by atoms with Crippen LogP contribution in [0.25, 0.3) is 0 Å². The first-order chi connectivity index (χ1) is 15.3. The van der Waals surface area contributed by atoms with E-state index in [0.29, 0.717) is 19.8 Å². The lowest BCUT2D eigenvalue weighted by molar-refractivity contribution is 0.269. The first-order valence-electron chi connectivity index (χ1n) is 10.6.